The van der Waals surface area contributed by atoms with Crippen LogP contribution in [0.25, 0.3) is 10.8 Å². The topological polar surface area (TPSA) is 45.5 Å². The van der Waals surface area contributed by atoms with Crippen LogP contribution in [0.2, 0.25) is 6.04 Å². The van der Waals surface area contributed by atoms with E-state index in [9.17, 15) is 0 Å². The van der Waals surface area contributed by atoms with Gasteiger partial charge in [-0.05, 0) is 35.1 Å². The fourth-order valence-corrected chi connectivity index (χ4v) is 5.54. The largest absolute Gasteiger partial charge is 0.500 e. The van der Waals surface area contributed by atoms with E-state index in [1.165, 1.54) is 16.3 Å². The number of fused-ring (bicyclic) bond motifs is 1. The zero-order chi connectivity index (χ0) is 19.1. The van der Waals surface area contributed by atoms with E-state index in [2.05, 4.69) is 52.0 Å². The molecule has 27 heavy (non-hydrogen) atoms. The molecule has 144 valence electrons. The van der Waals surface area contributed by atoms with Gasteiger partial charge in [-0.25, -0.2) is 4.98 Å². The van der Waals surface area contributed by atoms with E-state index in [1.807, 2.05) is 18.7 Å². The molecule has 5 nitrogen and oxygen atoms in total. The van der Waals surface area contributed by atoms with Crippen molar-refractivity contribution in [1.82, 2.24) is 9.55 Å². The van der Waals surface area contributed by atoms with E-state index in [0.29, 0.717) is 5.92 Å². The van der Waals surface area contributed by atoms with Crippen molar-refractivity contribution in [2.75, 3.05) is 21.3 Å². The molecule has 1 heterocycles. The number of aromatic nitrogens is 2. The second kappa shape index (κ2) is 9.28. The molecule has 0 aliphatic rings. The van der Waals surface area contributed by atoms with Crippen LogP contribution in [0.4, 0.5) is 0 Å². The molecule has 0 radical (unpaired) electrons. The van der Waals surface area contributed by atoms with E-state index in [0.717, 1.165) is 25.4 Å². The van der Waals surface area contributed by atoms with Gasteiger partial charge in [-0.1, -0.05) is 42.5 Å². The number of imidazole rings is 1. The average Bonchev–Trinajstić information content (AvgIpc) is 3.23. The van der Waals surface area contributed by atoms with Gasteiger partial charge in [0, 0.05) is 46.3 Å². The lowest BCUT2D eigenvalue weighted by Gasteiger charge is -2.27. The number of nitrogens with zero attached hydrogens (tertiary/aromatic N) is 2. The summed E-state index contributed by atoms with van der Waals surface area (Å²) in [4.78, 5) is 4.19. The van der Waals surface area contributed by atoms with Gasteiger partial charge in [0.2, 0.25) is 0 Å². The van der Waals surface area contributed by atoms with Crippen molar-refractivity contribution in [2.45, 2.75) is 25.4 Å². The molecule has 6 heteroatoms. The summed E-state index contributed by atoms with van der Waals surface area (Å²) in [5, 5.41) is 2.61. The molecule has 3 aromatic rings. The lowest BCUT2D eigenvalue weighted by Crippen LogP contribution is -2.43. The monoisotopic (exact) mass is 384 g/mol. The van der Waals surface area contributed by atoms with Crippen LogP contribution in [0.15, 0.2) is 61.2 Å². The van der Waals surface area contributed by atoms with Crippen LogP contribution in [0.3, 0.4) is 0 Å². The maximum atomic E-state index is 5.62. The first kappa shape index (κ1) is 19.8. The Kier molecular flexibility index (Phi) is 6.79. The van der Waals surface area contributed by atoms with Crippen molar-refractivity contribution >= 4 is 19.6 Å². The Labute approximate surface area is 162 Å². The summed E-state index contributed by atoms with van der Waals surface area (Å²) in [6.07, 6.45) is 7.67. The molecule has 0 spiro atoms. The molecular formula is C21H28N2O3Si. The maximum absolute atomic E-state index is 5.62. The number of benzene rings is 2. The van der Waals surface area contributed by atoms with Gasteiger partial charge in [-0.15, -0.1) is 0 Å². The van der Waals surface area contributed by atoms with Crippen LogP contribution < -0.4 is 0 Å². The van der Waals surface area contributed by atoms with Crippen LogP contribution in [0, 0.1) is 5.92 Å². The van der Waals surface area contributed by atoms with Crippen molar-refractivity contribution < 1.29 is 13.3 Å². The van der Waals surface area contributed by atoms with Gasteiger partial charge in [-0.3, -0.25) is 0 Å². The van der Waals surface area contributed by atoms with Crippen LogP contribution in [-0.2, 0) is 26.2 Å². The van der Waals surface area contributed by atoms with Crippen molar-refractivity contribution in [3.8, 4) is 0 Å². The normalized spacial score (nSPS) is 13.1. The van der Waals surface area contributed by atoms with E-state index < -0.39 is 8.80 Å². The molecule has 3 rings (SSSR count). The summed E-state index contributed by atoms with van der Waals surface area (Å²) < 4.78 is 19.0. The first-order chi connectivity index (χ1) is 13.2. The van der Waals surface area contributed by atoms with E-state index in [1.54, 1.807) is 21.3 Å². The molecule has 2 aromatic carbocycles. The first-order valence-corrected chi connectivity index (χ1v) is 11.2. The van der Waals surface area contributed by atoms with Gasteiger partial charge in [0.1, 0.15) is 0 Å². The maximum Gasteiger partial charge on any atom is 0.500 e. The zero-order valence-electron chi connectivity index (χ0n) is 16.3. The molecular weight excluding hydrogens is 356 g/mol. The van der Waals surface area contributed by atoms with Gasteiger partial charge in [0.25, 0.3) is 0 Å². The van der Waals surface area contributed by atoms with Crippen LogP contribution in [-0.4, -0.2) is 39.7 Å². The Hall–Kier alpha value is -1.99. The molecule has 0 N–H and O–H groups in total. The summed E-state index contributed by atoms with van der Waals surface area (Å²) in [6, 6.07) is 15.9. The van der Waals surface area contributed by atoms with Crippen LogP contribution in [0.1, 0.15) is 12.0 Å². The molecule has 0 bridgehead atoms. The first-order valence-electron chi connectivity index (χ1n) is 9.27. The SMILES string of the molecule is CO[Si](CCC(Cc1cccc2ccccc12)Cn1ccnc1)(OC)OC. The van der Waals surface area contributed by atoms with Gasteiger partial charge in [0.15, 0.2) is 0 Å². The minimum absolute atomic E-state index is 0.428. The second-order valence-corrected chi connectivity index (χ2v) is 9.89. The molecule has 1 atom stereocenters. The van der Waals surface area contributed by atoms with Crippen molar-refractivity contribution in [1.29, 1.82) is 0 Å². The smallest absolute Gasteiger partial charge is 0.377 e. The van der Waals surface area contributed by atoms with Crippen LogP contribution >= 0.6 is 0 Å². The van der Waals surface area contributed by atoms with E-state index in [4.69, 9.17) is 13.3 Å². The summed E-state index contributed by atoms with van der Waals surface area (Å²) in [5.41, 5.74) is 1.37. The number of hydrogen-bond acceptors (Lipinski definition) is 4. The third-order valence-corrected chi connectivity index (χ3v) is 7.98. The lowest BCUT2D eigenvalue weighted by molar-refractivity contribution is 0.120. The lowest BCUT2D eigenvalue weighted by atomic mass is 9.93. The highest BCUT2D eigenvalue weighted by Gasteiger charge is 2.38. The van der Waals surface area contributed by atoms with Crippen LogP contribution in [0.5, 0.6) is 0 Å². The Balaban J connectivity index is 1.81. The molecule has 0 saturated carbocycles. The summed E-state index contributed by atoms with van der Waals surface area (Å²) in [6.45, 7) is 0.908. The molecule has 0 aliphatic heterocycles. The molecule has 1 aromatic heterocycles. The second-order valence-electron chi connectivity index (χ2n) is 6.80. The minimum atomic E-state index is -2.58. The Morgan fingerprint density at radius 3 is 2.44 bits per heavy atom. The van der Waals surface area contributed by atoms with Gasteiger partial charge in [-0.2, -0.15) is 0 Å². The minimum Gasteiger partial charge on any atom is -0.377 e. The highest BCUT2D eigenvalue weighted by Crippen LogP contribution is 2.26. The quantitative estimate of drug-likeness (QED) is 0.492. The Bertz CT molecular complexity index is 821. The third-order valence-electron chi connectivity index (χ3n) is 5.21. The highest BCUT2D eigenvalue weighted by molar-refractivity contribution is 6.60. The molecule has 0 aliphatic carbocycles. The van der Waals surface area contributed by atoms with Crippen molar-refractivity contribution in [2.24, 2.45) is 5.92 Å². The van der Waals surface area contributed by atoms with Crippen molar-refractivity contribution in [3.63, 3.8) is 0 Å². The fourth-order valence-electron chi connectivity index (χ4n) is 3.67. The predicted molar refractivity (Wildman–Crippen MR) is 110 cm³/mol. The predicted octanol–water partition coefficient (Wildman–Crippen LogP) is 4.16. The average molecular weight is 385 g/mol. The molecule has 0 fully saturated rings. The van der Waals surface area contributed by atoms with Gasteiger partial charge < -0.3 is 17.8 Å². The number of rotatable bonds is 10. The van der Waals surface area contributed by atoms with Gasteiger partial charge >= 0.3 is 8.80 Å². The molecule has 0 saturated heterocycles. The summed E-state index contributed by atoms with van der Waals surface area (Å²) in [7, 11) is 2.45. The van der Waals surface area contributed by atoms with Gasteiger partial charge in [0.05, 0.1) is 6.33 Å². The van der Waals surface area contributed by atoms with E-state index >= 15 is 0 Å². The summed E-state index contributed by atoms with van der Waals surface area (Å²) >= 11 is 0. The standard InChI is InChI=1S/C21H28N2O3Si/c1-24-27(25-2,26-3)14-11-18(16-23-13-12-22-17-23)15-20-9-6-8-19-7-4-5-10-21(19)20/h4-10,12-13,17-18H,11,14-16H2,1-3H3. The third kappa shape index (κ3) is 4.84. The Morgan fingerprint density at radius 1 is 1.00 bits per heavy atom. The highest BCUT2D eigenvalue weighted by atomic mass is 28.4. The Morgan fingerprint density at radius 2 is 1.74 bits per heavy atom. The van der Waals surface area contributed by atoms with E-state index in [-0.39, 0.29) is 0 Å². The number of hydrogen-bond donors (Lipinski definition) is 0. The van der Waals surface area contributed by atoms with Crippen molar-refractivity contribution in [3.05, 3.63) is 66.7 Å². The zero-order valence-corrected chi connectivity index (χ0v) is 17.3. The molecule has 0 amide bonds. The fraction of sp³-hybridized carbons (Fsp3) is 0.381. The molecule has 1 unspecified atom stereocenters. The summed E-state index contributed by atoms with van der Waals surface area (Å²) in [5.74, 6) is 0.428.